The number of ether oxygens (including phenoxy) is 1. The Morgan fingerprint density at radius 1 is 1.00 bits per heavy atom. The standard InChI is InChI=1S/C19H24N4O4/c24-19(16-15(12-4-5-12)20-11-26-16)23-8-2-1-3-14(23)18-22-21-17(27-18)13-6-9-25-10-7-13/h11-14H,1-10H2/t14-/m1/s1. The number of likely N-dealkylation sites (tertiary alicyclic amines) is 1. The molecule has 0 radical (unpaired) electrons. The van der Waals surface area contributed by atoms with Crippen LogP contribution in [0.15, 0.2) is 15.2 Å². The Bertz CT molecular complexity index is 806. The molecule has 8 heteroatoms. The van der Waals surface area contributed by atoms with Gasteiger partial charge in [0, 0.05) is 31.6 Å². The largest absolute Gasteiger partial charge is 0.438 e. The SMILES string of the molecule is O=C(c1ocnc1C1CC1)N1CCCC[C@@H]1c1nnc(C2CCOCC2)o1. The van der Waals surface area contributed by atoms with Crippen LogP contribution in [0, 0.1) is 0 Å². The number of rotatable bonds is 4. The molecule has 3 aliphatic rings. The zero-order chi connectivity index (χ0) is 18.2. The van der Waals surface area contributed by atoms with Crippen molar-refractivity contribution in [3.05, 3.63) is 29.6 Å². The van der Waals surface area contributed by atoms with Crippen molar-refractivity contribution in [3.8, 4) is 0 Å². The quantitative estimate of drug-likeness (QED) is 0.813. The Labute approximate surface area is 157 Å². The van der Waals surface area contributed by atoms with Crippen molar-refractivity contribution in [3.63, 3.8) is 0 Å². The minimum Gasteiger partial charge on any atom is -0.438 e. The van der Waals surface area contributed by atoms with E-state index in [-0.39, 0.29) is 17.9 Å². The van der Waals surface area contributed by atoms with Gasteiger partial charge in [-0.05, 0) is 44.9 Å². The molecule has 1 aliphatic carbocycles. The smallest absolute Gasteiger partial charge is 0.292 e. The summed E-state index contributed by atoms with van der Waals surface area (Å²) in [5, 5.41) is 8.58. The molecule has 0 bridgehead atoms. The summed E-state index contributed by atoms with van der Waals surface area (Å²) in [5.74, 6) is 2.11. The summed E-state index contributed by atoms with van der Waals surface area (Å²) in [5.41, 5.74) is 0.803. The van der Waals surface area contributed by atoms with Crippen LogP contribution >= 0.6 is 0 Å². The Morgan fingerprint density at radius 2 is 1.81 bits per heavy atom. The third-order valence-electron chi connectivity index (χ3n) is 5.83. The first-order valence-electron chi connectivity index (χ1n) is 9.96. The molecule has 0 spiro atoms. The highest BCUT2D eigenvalue weighted by Gasteiger charge is 2.38. The fourth-order valence-corrected chi connectivity index (χ4v) is 4.11. The molecule has 0 N–H and O–H groups in total. The fraction of sp³-hybridized carbons (Fsp3) is 0.684. The van der Waals surface area contributed by atoms with Crippen LogP contribution in [-0.4, -0.2) is 45.7 Å². The topological polar surface area (TPSA) is 94.5 Å². The Hall–Kier alpha value is -2.22. The molecule has 5 rings (SSSR count). The number of carbonyl (C=O) groups excluding carboxylic acids is 1. The minimum atomic E-state index is -0.190. The lowest BCUT2D eigenvalue weighted by Gasteiger charge is -2.33. The highest BCUT2D eigenvalue weighted by Crippen LogP contribution is 2.42. The molecule has 0 aromatic carbocycles. The Kier molecular flexibility index (Phi) is 4.43. The maximum absolute atomic E-state index is 13.2. The molecule has 2 aromatic heterocycles. The van der Waals surface area contributed by atoms with Gasteiger partial charge in [-0.2, -0.15) is 0 Å². The van der Waals surface area contributed by atoms with Crippen LogP contribution in [0.3, 0.4) is 0 Å². The number of amides is 1. The molecule has 2 saturated heterocycles. The van der Waals surface area contributed by atoms with Gasteiger partial charge in [-0.15, -0.1) is 10.2 Å². The molecular weight excluding hydrogens is 348 g/mol. The monoisotopic (exact) mass is 372 g/mol. The molecule has 0 unspecified atom stereocenters. The maximum Gasteiger partial charge on any atom is 0.292 e. The predicted molar refractivity (Wildman–Crippen MR) is 93.2 cm³/mol. The van der Waals surface area contributed by atoms with Crippen molar-refractivity contribution in [2.45, 2.75) is 62.8 Å². The summed E-state index contributed by atoms with van der Waals surface area (Å²) < 4.78 is 16.9. The Balaban J connectivity index is 1.38. The minimum absolute atomic E-state index is 0.107. The van der Waals surface area contributed by atoms with Crippen LogP contribution < -0.4 is 0 Å². The van der Waals surface area contributed by atoms with E-state index in [2.05, 4.69) is 15.2 Å². The fourth-order valence-electron chi connectivity index (χ4n) is 4.11. The number of piperidine rings is 1. The van der Waals surface area contributed by atoms with Crippen molar-refractivity contribution in [1.82, 2.24) is 20.1 Å². The van der Waals surface area contributed by atoms with E-state index in [1.807, 2.05) is 4.90 Å². The van der Waals surface area contributed by atoms with Crippen LogP contribution in [0.1, 0.15) is 90.9 Å². The molecule has 1 atom stereocenters. The van der Waals surface area contributed by atoms with Crippen LogP contribution in [-0.2, 0) is 4.74 Å². The second-order valence-corrected chi connectivity index (χ2v) is 7.72. The van der Waals surface area contributed by atoms with Crippen molar-refractivity contribution in [2.75, 3.05) is 19.8 Å². The third-order valence-corrected chi connectivity index (χ3v) is 5.83. The van der Waals surface area contributed by atoms with E-state index in [9.17, 15) is 4.79 Å². The summed E-state index contributed by atoms with van der Waals surface area (Å²) in [4.78, 5) is 19.3. The number of hydrogen-bond acceptors (Lipinski definition) is 7. The summed E-state index contributed by atoms with van der Waals surface area (Å²) in [7, 11) is 0. The number of nitrogens with zero attached hydrogens (tertiary/aromatic N) is 4. The van der Waals surface area contributed by atoms with Crippen LogP contribution in [0.5, 0.6) is 0 Å². The number of hydrogen-bond donors (Lipinski definition) is 0. The maximum atomic E-state index is 13.2. The van der Waals surface area contributed by atoms with Crippen LogP contribution in [0.4, 0.5) is 0 Å². The first-order chi connectivity index (χ1) is 13.3. The zero-order valence-electron chi connectivity index (χ0n) is 15.3. The molecule has 1 saturated carbocycles. The van der Waals surface area contributed by atoms with E-state index in [0.29, 0.717) is 30.0 Å². The lowest BCUT2D eigenvalue weighted by Crippen LogP contribution is -2.39. The Morgan fingerprint density at radius 3 is 2.63 bits per heavy atom. The summed E-state index contributed by atoms with van der Waals surface area (Å²) in [6.07, 6.45) is 8.17. The van der Waals surface area contributed by atoms with E-state index in [4.69, 9.17) is 13.6 Å². The molecule has 2 aliphatic heterocycles. The second-order valence-electron chi connectivity index (χ2n) is 7.72. The van der Waals surface area contributed by atoms with Gasteiger partial charge < -0.3 is 18.5 Å². The predicted octanol–water partition coefficient (Wildman–Crippen LogP) is 3.20. The van der Waals surface area contributed by atoms with E-state index in [0.717, 1.165) is 63.9 Å². The average molecular weight is 372 g/mol. The van der Waals surface area contributed by atoms with Crippen LogP contribution in [0.25, 0.3) is 0 Å². The lowest BCUT2D eigenvalue weighted by molar-refractivity contribution is 0.0529. The van der Waals surface area contributed by atoms with Gasteiger partial charge in [0.2, 0.25) is 17.5 Å². The van der Waals surface area contributed by atoms with Gasteiger partial charge in [0.05, 0.1) is 5.69 Å². The highest BCUT2D eigenvalue weighted by molar-refractivity contribution is 5.93. The summed E-state index contributed by atoms with van der Waals surface area (Å²) in [6, 6.07) is -0.190. The van der Waals surface area contributed by atoms with E-state index in [1.165, 1.54) is 6.39 Å². The average Bonchev–Trinajstić information content (AvgIpc) is 3.25. The van der Waals surface area contributed by atoms with Gasteiger partial charge >= 0.3 is 0 Å². The van der Waals surface area contributed by atoms with Gasteiger partial charge in [0.15, 0.2) is 6.39 Å². The molecule has 27 heavy (non-hydrogen) atoms. The van der Waals surface area contributed by atoms with E-state index < -0.39 is 0 Å². The molecule has 144 valence electrons. The number of oxazole rings is 1. The van der Waals surface area contributed by atoms with Crippen molar-refractivity contribution < 1.29 is 18.4 Å². The summed E-state index contributed by atoms with van der Waals surface area (Å²) in [6.45, 7) is 2.13. The van der Waals surface area contributed by atoms with E-state index >= 15 is 0 Å². The van der Waals surface area contributed by atoms with Crippen molar-refractivity contribution in [1.29, 1.82) is 0 Å². The first kappa shape index (κ1) is 16.9. The van der Waals surface area contributed by atoms with E-state index in [1.54, 1.807) is 0 Å². The number of carbonyl (C=O) groups is 1. The normalized spacial score (nSPS) is 24.3. The second kappa shape index (κ2) is 7.07. The molecule has 1 amide bonds. The number of aromatic nitrogens is 3. The molecule has 2 aromatic rings. The molecular formula is C19H24N4O4. The zero-order valence-corrected chi connectivity index (χ0v) is 15.3. The molecule has 4 heterocycles. The van der Waals surface area contributed by atoms with Crippen molar-refractivity contribution >= 4 is 5.91 Å². The van der Waals surface area contributed by atoms with Gasteiger partial charge in [-0.3, -0.25) is 4.79 Å². The highest BCUT2D eigenvalue weighted by atomic mass is 16.5. The summed E-state index contributed by atoms with van der Waals surface area (Å²) >= 11 is 0. The molecule has 3 fully saturated rings. The van der Waals surface area contributed by atoms with Gasteiger partial charge in [0.1, 0.15) is 6.04 Å². The first-order valence-corrected chi connectivity index (χ1v) is 9.96. The van der Waals surface area contributed by atoms with Gasteiger partial charge in [-0.25, -0.2) is 4.98 Å². The van der Waals surface area contributed by atoms with Crippen molar-refractivity contribution in [2.24, 2.45) is 0 Å². The lowest BCUT2D eigenvalue weighted by atomic mass is 10.0. The molecule has 8 nitrogen and oxygen atoms in total. The van der Waals surface area contributed by atoms with Gasteiger partial charge in [-0.1, -0.05) is 0 Å². The van der Waals surface area contributed by atoms with Gasteiger partial charge in [0.25, 0.3) is 5.91 Å². The third kappa shape index (κ3) is 3.26. The van der Waals surface area contributed by atoms with Crippen LogP contribution in [0.2, 0.25) is 0 Å².